The van der Waals surface area contributed by atoms with E-state index in [0.717, 1.165) is 22.2 Å². The molecule has 220 valence electrons. The second kappa shape index (κ2) is 12.4. The molecule has 0 fully saturated rings. The lowest BCUT2D eigenvalue weighted by molar-refractivity contribution is -0.704. The Balaban J connectivity index is 1.55. The lowest BCUT2D eigenvalue weighted by atomic mass is 10.0. The highest BCUT2D eigenvalue weighted by Gasteiger charge is 2.34. The van der Waals surface area contributed by atoms with Crippen molar-refractivity contribution in [2.75, 3.05) is 25.6 Å². The highest BCUT2D eigenvalue weighted by atomic mass is 32.2. The summed E-state index contributed by atoms with van der Waals surface area (Å²) in [5.41, 5.74) is 0.365. The summed E-state index contributed by atoms with van der Waals surface area (Å²) in [5, 5.41) is 5.16. The van der Waals surface area contributed by atoms with Crippen LogP contribution >= 0.6 is 23.1 Å². The van der Waals surface area contributed by atoms with E-state index < -0.39 is 34.4 Å². The molecule has 0 bridgehead atoms. The van der Waals surface area contributed by atoms with Crippen LogP contribution in [-0.4, -0.2) is 59.3 Å². The molecule has 2 N–H and O–H groups in total. The minimum absolute atomic E-state index is 0.168. The van der Waals surface area contributed by atoms with E-state index in [9.17, 15) is 19.2 Å². The molecule has 0 saturated carbocycles. The Morgan fingerprint density at radius 2 is 1.95 bits per heavy atom. The van der Waals surface area contributed by atoms with Crippen molar-refractivity contribution >= 4 is 46.1 Å². The quantitative estimate of drug-likeness (QED) is 0.222. The molecule has 2 aromatic heterocycles. The number of aromatic nitrogens is 2. The van der Waals surface area contributed by atoms with Gasteiger partial charge in [0.05, 0.1) is 31.1 Å². The van der Waals surface area contributed by atoms with Crippen molar-refractivity contribution in [3.63, 3.8) is 0 Å². The lowest BCUT2D eigenvalue weighted by Crippen LogP contribution is -2.39. The maximum absolute atomic E-state index is 13.3. The van der Waals surface area contributed by atoms with Crippen LogP contribution in [0, 0.1) is 0 Å². The third kappa shape index (κ3) is 6.93. The minimum atomic E-state index is -0.745. The predicted molar refractivity (Wildman–Crippen MR) is 152 cm³/mol. The molecule has 1 aliphatic heterocycles. The Morgan fingerprint density at radius 1 is 1.24 bits per heavy atom. The number of amides is 2. The maximum atomic E-state index is 13.3. The Kier molecular flexibility index (Phi) is 9.12. The first-order valence-electron chi connectivity index (χ1n) is 13.0. The number of H-pyrrole nitrogens is 1. The Labute approximate surface area is 244 Å². The third-order valence-corrected chi connectivity index (χ3v) is 8.29. The van der Waals surface area contributed by atoms with Crippen molar-refractivity contribution in [3.8, 4) is 11.4 Å². The van der Waals surface area contributed by atoms with Crippen molar-refractivity contribution in [1.29, 1.82) is 0 Å². The topological polar surface area (TPSA) is 144 Å². The van der Waals surface area contributed by atoms with Gasteiger partial charge in [-0.25, -0.2) is 14.4 Å². The first-order valence-corrected chi connectivity index (χ1v) is 14.7. The van der Waals surface area contributed by atoms with Gasteiger partial charge in [0.25, 0.3) is 0 Å². The molecule has 0 radical (unpaired) electrons. The molecule has 0 saturated heterocycles. The number of hydrogen-bond donors (Lipinski definition) is 2. The standard InChI is InChI=1S/C27H32N4O8S2/c1-7-37-24(33)20-18-12-13-30(26(35)38-27(3,4)5)14-19(18)41-22(20)28-21(32)15(2)40-23-25(34)39-29-31(23)16-8-10-17(36-6)11-9-16/h8-11,15H,7,12-14H2,1-6H3,(H-,28,29,32,33,34)/p+1. The van der Waals surface area contributed by atoms with E-state index in [4.69, 9.17) is 18.7 Å². The van der Waals surface area contributed by atoms with Crippen LogP contribution in [0.25, 0.3) is 5.69 Å². The summed E-state index contributed by atoms with van der Waals surface area (Å²) in [6.07, 6.45) is -0.0357. The van der Waals surface area contributed by atoms with Crippen LogP contribution in [0.15, 0.2) is 38.6 Å². The summed E-state index contributed by atoms with van der Waals surface area (Å²) in [5.74, 6) is -0.326. The number of ether oxygens (including phenoxy) is 3. The highest BCUT2D eigenvalue weighted by Crippen LogP contribution is 2.38. The number of esters is 1. The number of nitrogens with one attached hydrogen (secondary N) is 2. The molecule has 41 heavy (non-hydrogen) atoms. The van der Waals surface area contributed by atoms with Crippen molar-refractivity contribution in [2.24, 2.45) is 0 Å². The molecule has 1 aliphatic rings. The maximum Gasteiger partial charge on any atom is 0.442 e. The minimum Gasteiger partial charge on any atom is -0.497 e. The van der Waals surface area contributed by atoms with Gasteiger partial charge in [0.15, 0.2) is 0 Å². The number of rotatable bonds is 8. The highest BCUT2D eigenvalue weighted by molar-refractivity contribution is 8.00. The van der Waals surface area contributed by atoms with Crippen LogP contribution in [0.4, 0.5) is 9.80 Å². The van der Waals surface area contributed by atoms with Crippen LogP contribution in [-0.2, 0) is 27.2 Å². The summed E-state index contributed by atoms with van der Waals surface area (Å²) in [6.45, 7) is 9.52. The summed E-state index contributed by atoms with van der Waals surface area (Å²) >= 11 is 2.23. The molecule has 1 aromatic carbocycles. The first-order chi connectivity index (χ1) is 19.4. The van der Waals surface area contributed by atoms with Gasteiger partial charge in [-0.15, -0.1) is 11.3 Å². The number of fused-ring (bicyclic) bond motifs is 1. The van der Waals surface area contributed by atoms with Gasteiger partial charge in [0.2, 0.25) is 11.6 Å². The Hall–Kier alpha value is -3.78. The zero-order valence-corrected chi connectivity index (χ0v) is 25.3. The van der Waals surface area contributed by atoms with Gasteiger partial charge >= 0.3 is 22.7 Å². The van der Waals surface area contributed by atoms with Gasteiger partial charge in [-0.3, -0.25) is 9.32 Å². The number of thiophene rings is 1. The summed E-state index contributed by atoms with van der Waals surface area (Å²) in [7, 11) is 1.55. The van der Waals surface area contributed by atoms with Crippen LogP contribution < -0.4 is 20.4 Å². The lowest BCUT2D eigenvalue weighted by Gasteiger charge is -2.30. The monoisotopic (exact) mass is 605 g/mol. The van der Waals surface area contributed by atoms with Gasteiger partial charge in [0, 0.05) is 23.6 Å². The Morgan fingerprint density at radius 3 is 2.59 bits per heavy atom. The Bertz CT molecular complexity index is 1490. The van der Waals surface area contributed by atoms with Crippen molar-refractivity contribution in [2.45, 2.75) is 63.5 Å². The second-order valence-corrected chi connectivity index (χ2v) is 12.6. The summed E-state index contributed by atoms with van der Waals surface area (Å²) < 4.78 is 22.4. The number of anilines is 1. The second-order valence-electron chi connectivity index (χ2n) is 10.1. The van der Waals surface area contributed by atoms with Crippen LogP contribution in [0.1, 0.15) is 55.4 Å². The number of aromatic amines is 1. The number of carbonyl (C=O) groups is 3. The number of methoxy groups -OCH3 is 1. The van der Waals surface area contributed by atoms with Gasteiger partial charge in [-0.1, -0.05) is 0 Å². The molecule has 0 spiro atoms. The average molecular weight is 606 g/mol. The van der Waals surface area contributed by atoms with Crippen LogP contribution in [0.5, 0.6) is 5.75 Å². The molecular weight excluding hydrogens is 572 g/mol. The van der Waals surface area contributed by atoms with Crippen LogP contribution in [0.3, 0.4) is 0 Å². The SMILES string of the molecule is CCOC(=O)c1c(NC(=O)C(C)Sc2c(=O)o[nH][n+]2-c2ccc(OC)cc2)sc2c1CCN(C(=O)OC(C)(C)C)C2. The van der Waals surface area contributed by atoms with E-state index in [-0.39, 0.29) is 23.7 Å². The van der Waals surface area contributed by atoms with E-state index in [1.807, 2.05) is 0 Å². The van der Waals surface area contributed by atoms with E-state index in [1.54, 1.807) is 70.9 Å². The third-order valence-electron chi connectivity index (χ3n) is 6.02. The van der Waals surface area contributed by atoms with Gasteiger partial charge in [0.1, 0.15) is 16.4 Å². The zero-order chi connectivity index (χ0) is 29.9. The smallest absolute Gasteiger partial charge is 0.442 e. The van der Waals surface area contributed by atoms with Gasteiger partial charge in [-0.2, -0.15) is 0 Å². The summed E-state index contributed by atoms with van der Waals surface area (Å²) in [6, 6.07) is 6.94. The van der Waals surface area contributed by atoms with E-state index in [2.05, 4.69) is 10.6 Å². The molecule has 12 nitrogen and oxygen atoms in total. The van der Waals surface area contributed by atoms with Crippen LogP contribution in [0.2, 0.25) is 0 Å². The normalized spacial score (nSPS) is 13.8. The van der Waals surface area contributed by atoms with Gasteiger partial charge < -0.3 is 24.4 Å². The van der Waals surface area contributed by atoms with Crippen molar-refractivity contribution in [3.05, 3.63) is 50.7 Å². The molecule has 1 atom stereocenters. The number of carbonyl (C=O) groups excluding carboxylic acids is 3. The fourth-order valence-electron chi connectivity index (χ4n) is 4.09. The van der Waals surface area contributed by atoms with E-state index in [1.165, 1.54) is 16.0 Å². The predicted octanol–water partition coefficient (Wildman–Crippen LogP) is 3.90. The fraction of sp³-hybridized carbons (Fsp3) is 0.444. The first kappa shape index (κ1) is 30.2. The number of benzene rings is 1. The molecular formula is C27H33N4O8S2+. The fourth-order valence-corrected chi connectivity index (χ4v) is 6.23. The van der Waals surface area contributed by atoms with Gasteiger partial charge in [-0.05, 0) is 80.5 Å². The summed E-state index contributed by atoms with van der Waals surface area (Å²) in [4.78, 5) is 53.8. The van der Waals surface area contributed by atoms with Crippen molar-refractivity contribution < 1.29 is 37.8 Å². The number of nitrogens with zero attached hydrogens (tertiary/aromatic N) is 2. The molecule has 2 amide bonds. The number of hydrogen-bond acceptors (Lipinski definition) is 10. The number of thioether (sulfide) groups is 1. The zero-order valence-electron chi connectivity index (χ0n) is 23.7. The molecule has 3 aromatic rings. The molecule has 4 rings (SSSR count). The largest absolute Gasteiger partial charge is 0.497 e. The van der Waals surface area contributed by atoms with Crippen molar-refractivity contribution in [1.82, 2.24) is 10.2 Å². The molecule has 1 unspecified atom stereocenters. The van der Waals surface area contributed by atoms with E-state index in [0.29, 0.717) is 29.4 Å². The molecule has 3 heterocycles. The van der Waals surface area contributed by atoms with E-state index >= 15 is 0 Å². The molecule has 14 heteroatoms. The average Bonchev–Trinajstić information content (AvgIpc) is 3.46. The molecule has 0 aliphatic carbocycles.